The zero-order chi connectivity index (χ0) is 19.0. The first-order valence-corrected chi connectivity index (χ1v) is 9.05. The maximum Gasteiger partial charge on any atom is 0.278 e. The number of hydrogen-bond acceptors (Lipinski definition) is 3. The van der Waals surface area contributed by atoms with E-state index in [0.29, 0.717) is 17.1 Å². The number of halogens is 1. The lowest BCUT2D eigenvalue weighted by Gasteiger charge is -2.38. The fourth-order valence-corrected chi connectivity index (χ4v) is 4.48. The molecule has 2 aliphatic rings. The number of hydrogen-bond donors (Lipinski definition) is 1. The molecule has 6 rings (SSSR count). The Morgan fingerprint density at radius 3 is 2.71 bits per heavy atom. The molecule has 1 amide bonds. The standard InChI is InChI=1S/C22H15FN4O/c1-26-18-11-10-13(23)12-15(18)22(21(26)28)25-16-7-3-2-6-14(16)20-24-17-8-4-5-9-19(17)27(20)22/h2-12,25H,1H3. The Balaban J connectivity index is 1.81. The smallest absolute Gasteiger partial charge is 0.278 e. The average Bonchev–Trinajstić information content (AvgIpc) is 3.20. The summed E-state index contributed by atoms with van der Waals surface area (Å²) < 4.78 is 16.2. The third-order valence-electron chi connectivity index (χ3n) is 5.70. The number of anilines is 2. The zero-order valence-electron chi connectivity index (χ0n) is 15.0. The highest BCUT2D eigenvalue weighted by molar-refractivity contribution is 6.11. The van der Waals surface area contributed by atoms with E-state index in [9.17, 15) is 9.18 Å². The number of amides is 1. The first kappa shape index (κ1) is 15.4. The Kier molecular flexibility index (Phi) is 2.74. The fourth-order valence-electron chi connectivity index (χ4n) is 4.48. The predicted molar refractivity (Wildman–Crippen MR) is 106 cm³/mol. The SMILES string of the molecule is CN1C(=O)C2(Nc3ccccc3-c3nc4ccccc4n32)c2cc(F)ccc21. The summed E-state index contributed by atoms with van der Waals surface area (Å²) in [6, 6.07) is 19.9. The van der Waals surface area contributed by atoms with Crippen LogP contribution in [0, 0.1) is 5.82 Å². The molecule has 4 aromatic rings. The Hall–Kier alpha value is -3.67. The van der Waals surface area contributed by atoms with Crippen molar-refractivity contribution >= 4 is 28.3 Å². The van der Waals surface area contributed by atoms with E-state index < -0.39 is 5.66 Å². The van der Waals surface area contributed by atoms with E-state index in [1.165, 1.54) is 12.1 Å². The second-order valence-electron chi connectivity index (χ2n) is 7.17. The summed E-state index contributed by atoms with van der Waals surface area (Å²) in [5.74, 6) is 0.134. The second-order valence-corrected chi connectivity index (χ2v) is 7.17. The average molecular weight is 370 g/mol. The number of fused-ring (bicyclic) bond motifs is 8. The van der Waals surface area contributed by atoms with Crippen LogP contribution >= 0.6 is 0 Å². The van der Waals surface area contributed by atoms with Gasteiger partial charge in [-0.1, -0.05) is 24.3 Å². The van der Waals surface area contributed by atoms with Gasteiger partial charge in [0.2, 0.25) is 5.66 Å². The van der Waals surface area contributed by atoms with Crippen molar-refractivity contribution in [1.29, 1.82) is 0 Å². The summed E-state index contributed by atoms with van der Waals surface area (Å²) in [4.78, 5) is 20.1. The van der Waals surface area contributed by atoms with Gasteiger partial charge in [-0.05, 0) is 42.5 Å². The van der Waals surface area contributed by atoms with Gasteiger partial charge in [0, 0.05) is 23.9 Å². The minimum absolute atomic E-state index is 0.174. The van der Waals surface area contributed by atoms with E-state index in [1.54, 1.807) is 18.0 Å². The predicted octanol–water partition coefficient (Wildman–Crippen LogP) is 3.95. The number of para-hydroxylation sites is 3. The molecular formula is C22H15FN4O. The lowest BCUT2D eigenvalue weighted by atomic mass is 9.95. The van der Waals surface area contributed by atoms with Gasteiger partial charge in [-0.3, -0.25) is 9.36 Å². The van der Waals surface area contributed by atoms with E-state index in [4.69, 9.17) is 4.98 Å². The molecule has 0 saturated heterocycles. The van der Waals surface area contributed by atoms with Crippen molar-refractivity contribution in [1.82, 2.24) is 9.55 Å². The van der Waals surface area contributed by atoms with Gasteiger partial charge in [-0.25, -0.2) is 9.37 Å². The number of nitrogens with one attached hydrogen (secondary N) is 1. The highest BCUT2D eigenvalue weighted by Crippen LogP contribution is 2.50. The van der Waals surface area contributed by atoms with Crippen LogP contribution in [0.5, 0.6) is 0 Å². The number of aromatic nitrogens is 2. The van der Waals surface area contributed by atoms with Crippen molar-refractivity contribution in [2.45, 2.75) is 5.66 Å². The molecule has 2 aliphatic heterocycles. The molecule has 1 unspecified atom stereocenters. The minimum Gasteiger partial charge on any atom is -0.350 e. The summed E-state index contributed by atoms with van der Waals surface area (Å²) in [7, 11) is 1.72. The maximum absolute atomic E-state index is 14.3. The molecule has 6 heteroatoms. The van der Waals surface area contributed by atoms with E-state index in [1.807, 2.05) is 53.1 Å². The van der Waals surface area contributed by atoms with Gasteiger partial charge in [0.1, 0.15) is 11.6 Å². The third kappa shape index (κ3) is 1.66. The van der Waals surface area contributed by atoms with Crippen LogP contribution in [0.4, 0.5) is 15.8 Å². The first-order valence-electron chi connectivity index (χ1n) is 9.05. The van der Waals surface area contributed by atoms with Crippen LogP contribution in [0.1, 0.15) is 5.56 Å². The van der Waals surface area contributed by atoms with Crippen molar-refractivity contribution in [3.63, 3.8) is 0 Å². The molecule has 0 radical (unpaired) electrons. The number of carbonyl (C=O) groups is 1. The van der Waals surface area contributed by atoms with Gasteiger partial charge in [-0.15, -0.1) is 0 Å². The molecule has 0 aliphatic carbocycles. The van der Waals surface area contributed by atoms with Gasteiger partial charge in [0.05, 0.1) is 16.7 Å². The Morgan fingerprint density at radius 2 is 1.82 bits per heavy atom. The van der Waals surface area contributed by atoms with Crippen molar-refractivity contribution in [2.75, 3.05) is 17.3 Å². The summed E-state index contributed by atoms with van der Waals surface area (Å²) in [6.45, 7) is 0. The largest absolute Gasteiger partial charge is 0.350 e. The number of carbonyl (C=O) groups excluding carboxylic acids is 1. The molecule has 5 nitrogen and oxygen atoms in total. The number of imidazole rings is 1. The van der Waals surface area contributed by atoms with Gasteiger partial charge in [0.25, 0.3) is 5.91 Å². The number of rotatable bonds is 0. The van der Waals surface area contributed by atoms with E-state index in [2.05, 4.69) is 5.32 Å². The molecule has 1 aromatic heterocycles. The van der Waals surface area contributed by atoms with Gasteiger partial charge in [-0.2, -0.15) is 0 Å². The summed E-state index contributed by atoms with van der Waals surface area (Å²) >= 11 is 0. The Labute approximate surface area is 160 Å². The van der Waals surface area contributed by atoms with Gasteiger partial charge >= 0.3 is 0 Å². The fraction of sp³-hybridized carbons (Fsp3) is 0.0909. The lowest BCUT2D eigenvalue weighted by molar-refractivity contribution is -0.122. The minimum atomic E-state index is -1.29. The quantitative estimate of drug-likeness (QED) is 0.510. The molecular weight excluding hydrogens is 355 g/mol. The lowest BCUT2D eigenvalue weighted by Crippen LogP contribution is -2.52. The first-order chi connectivity index (χ1) is 13.6. The van der Waals surface area contributed by atoms with Gasteiger partial charge < -0.3 is 10.2 Å². The Morgan fingerprint density at radius 1 is 1.04 bits per heavy atom. The number of benzene rings is 3. The number of likely N-dealkylation sites (N-methyl/N-ethyl adjacent to an activating group) is 1. The van der Waals surface area contributed by atoms with Crippen LogP contribution in [0.25, 0.3) is 22.4 Å². The topological polar surface area (TPSA) is 50.2 Å². The van der Waals surface area contributed by atoms with Crippen LogP contribution in [-0.4, -0.2) is 22.5 Å². The van der Waals surface area contributed by atoms with Crippen LogP contribution in [-0.2, 0) is 10.5 Å². The van der Waals surface area contributed by atoms with Crippen LogP contribution < -0.4 is 10.2 Å². The molecule has 1 N–H and O–H groups in total. The van der Waals surface area contributed by atoms with Crippen molar-refractivity contribution in [3.05, 3.63) is 78.1 Å². The van der Waals surface area contributed by atoms with Crippen molar-refractivity contribution < 1.29 is 9.18 Å². The normalized spacial score (nSPS) is 19.5. The highest BCUT2D eigenvalue weighted by atomic mass is 19.1. The molecule has 28 heavy (non-hydrogen) atoms. The maximum atomic E-state index is 14.3. The zero-order valence-corrected chi connectivity index (χ0v) is 15.0. The molecule has 1 spiro atoms. The van der Waals surface area contributed by atoms with Crippen molar-refractivity contribution in [2.24, 2.45) is 0 Å². The number of nitrogens with zero attached hydrogens (tertiary/aromatic N) is 3. The molecule has 1 atom stereocenters. The molecule has 3 aromatic carbocycles. The van der Waals surface area contributed by atoms with Crippen LogP contribution in [0.15, 0.2) is 66.7 Å². The van der Waals surface area contributed by atoms with Crippen molar-refractivity contribution in [3.8, 4) is 11.4 Å². The second kappa shape index (κ2) is 4.98. The van der Waals surface area contributed by atoms with Gasteiger partial charge in [0.15, 0.2) is 0 Å². The highest BCUT2D eigenvalue weighted by Gasteiger charge is 2.55. The summed E-state index contributed by atoms with van der Waals surface area (Å²) in [6.07, 6.45) is 0. The molecule has 0 saturated carbocycles. The molecule has 136 valence electrons. The molecule has 0 fully saturated rings. The summed E-state index contributed by atoms with van der Waals surface area (Å²) in [5.41, 5.74) is 3.29. The summed E-state index contributed by atoms with van der Waals surface area (Å²) in [5, 5.41) is 3.44. The molecule has 3 heterocycles. The molecule has 0 bridgehead atoms. The van der Waals surface area contributed by atoms with Crippen LogP contribution in [0.2, 0.25) is 0 Å². The van der Waals surface area contributed by atoms with E-state index in [0.717, 1.165) is 22.3 Å². The van der Waals surface area contributed by atoms with E-state index >= 15 is 0 Å². The van der Waals surface area contributed by atoms with E-state index in [-0.39, 0.29) is 11.7 Å². The van der Waals surface area contributed by atoms with Crippen LogP contribution in [0.3, 0.4) is 0 Å². The monoisotopic (exact) mass is 370 g/mol. The third-order valence-corrected chi connectivity index (χ3v) is 5.70. The Bertz CT molecular complexity index is 1310.